The average molecular weight is 370 g/mol. The fraction of sp³-hybridized carbons (Fsp3) is 0.706. The van der Waals surface area contributed by atoms with E-state index >= 15 is 0 Å². The van der Waals surface area contributed by atoms with Crippen molar-refractivity contribution >= 4 is 23.4 Å². The number of rotatable bonds is 7. The lowest BCUT2D eigenvalue weighted by atomic mass is 10.2. The Kier molecular flexibility index (Phi) is 8.68. The van der Waals surface area contributed by atoms with Crippen LogP contribution in [0.1, 0.15) is 44.5 Å². The fourth-order valence-electron chi connectivity index (χ4n) is 1.85. The second-order valence-corrected chi connectivity index (χ2v) is 7.80. The molecule has 142 valence electrons. The molecule has 2 N–H and O–H groups in total. The molecular weight excluding hydrogens is 338 g/mol. The van der Waals surface area contributed by atoms with Crippen molar-refractivity contribution < 1.29 is 9.53 Å². The molecule has 0 bridgehead atoms. The van der Waals surface area contributed by atoms with Crippen molar-refractivity contribution in [3.05, 3.63) is 16.1 Å². The van der Waals surface area contributed by atoms with Gasteiger partial charge in [-0.3, -0.25) is 0 Å². The van der Waals surface area contributed by atoms with Gasteiger partial charge in [-0.15, -0.1) is 11.3 Å². The van der Waals surface area contributed by atoms with Crippen LogP contribution < -0.4 is 10.6 Å². The third-order valence-corrected chi connectivity index (χ3v) is 4.24. The Morgan fingerprint density at radius 2 is 2.08 bits per heavy atom. The lowest BCUT2D eigenvalue weighted by Crippen LogP contribution is -2.43. The molecule has 0 saturated heterocycles. The van der Waals surface area contributed by atoms with E-state index in [0.717, 1.165) is 18.0 Å². The minimum Gasteiger partial charge on any atom is -0.444 e. The molecule has 0 fully saturated rings. The topological polar surface area (TPSA) is 78.9 Å². The number of hydrogen-bond donors (Lipinski definition) is 2. The molecule has 0 unspecified atom stereocenters. The minimum absolute atomic E-state index is 0.328. The number of thiazole rings is 1. The number of ether oxygens (including phenoxy) is 1. The van der Waals surface area contributed by atoms with E-state index in [9.17, 15) is 4.79 Å². The summed E-state index contributed by atoms with van der Waals surface area (Å²) in [4.78, 5) is 23.7. The highest BCUT2D eigenvalue weighted by Crippen LogP contribution is 2.14. The summed E-state index contributed by atoms with van der Waals surface area (Å²) in [6, 6.07) is 0. The maximum Gasteiger partial charge on any atom is 0.410 e. The number of nitrogens with zero attached hydrogens (tertiary/aromatic N) is 3. The van der Waals surface area contributed by atoms with Crippen molar-refractivity contribution in [1.29, 1.82) is 0 Å². The summed E-state index contributed by atoms with van der Waals surface area (Å²) in [6.45, 7) is 12.1. The number of nitrogens with one attached hydrogen (secondary N) is 2. The zero-order valence-corrected chi connectivity index (χ0v) is 17.0. The van der Waals surface area contributed by atoms with Crippen LogP contribution in [0.5, 0.6) is 0 Å². The van der Waals surface area contributed by atoms with Crippen LogP contribution in [0.3, 0.4) is 0 Å². The Bertz CT molecular complexity index is 566. The zero-order chi connectivity index (χ0) is 18.9. The van der Waals surface area contributed by atoms with Crippen LogP contribution in [-0.4, -0.2) is 54.2 Å². The summed E-state index contributed by atoms with van der Waals surface area (Å²) >= 11 is 1.69. The van der Waals surface area contributed by atoms with Crippen molar-refractivity contribution in [2.24, 2.45) is 4.99 Å². The highest BCUT2D eigenvalue weighted by Gasteiger charge is 2.19. The first kappa shape index (κ1) is 21.2. The first-order valence-electron chi connectivity index (χ1n) is 8.65. The molecular formula is C17H31N5O2S. The van der Waals surface area contributed by atoms with E-state index in [0.29, 0.717) is 25.6 Å². The molecule has 8 heteroatoms. The van der Waals surface area contributed by atoms with Gasteiger partial charge in [-0.2, -0.15) is 0 Å². The Hall–Kier alpha value is -1.83. The molecule has 0 aliphatic carbocycles. The molecule has 1 aromatic heterocycles. The van der Waals surface area contributed by atoms with Crippen LogP contribution in [0.4, 0.5) is 4.79 Å². The largest absolute Gasteiger partial charge is 0.444 e. The molecule has 1 rings (SSSR count). The van der Waals surface area contributed by atoms with Gasteiger partial charge in [0.1, 0.15) is 10.6 Å². The van der Waals surface area contributed by atoms with Crippen molar-refractivity contribution in [3.63, 3.8) is 0 Å². The highest BCUT2D eigenvalue weighted by atomic mass is 32.1. The molecule has 7 nitrogen and oxygen atoms in total. The Morgan fingerprint density at radius 3 is 2.64 bits per heavy atom. The van der Waals surface area contributed by atoms with Gasteiger partial charge in [-0.05, 0) is 34.1 Å². The number of hydrogen-bond acceptors (Lipinski definition) is 5. The van der Waals surface area contributed by atoms with Crippen molar-refractivity contribution in [3.8, 4) is 0 Å². The maximum absolute atomic E-state index is 11.9. The highest BCUT2D eigenvalue weighted by molar-refractivity contribution is 7.11. The van der Waals surface area contributed by atoms with Crippen LogP contribution in [0.15, 0.2) is 11.2 Å². The predicted octanol–water partition coefficient (Wildman–Crippen LogP) is 2.63. The monoisotopic (exact) mass is 369 g/mol. The number of guanidine groups is 1. The smallest absolute Gasteiger partial charge is 0.410 e. The number of likely N-dealkylation sites (N-methyl/N-ethyl adjacent to an activating group) is 1. The van der Waals surface area contributed by atoms with E-state index in [2.05, 4.69) is 27.5 Å². The van der Waals surface area contributed by atoms with E-state index in [1.807, 2.05) is 33.9 Å². The summed E-state index contributed by atoms with van der Waals surface area (Å²) in [5, 5.41) is 7.42. The fourth-order valence-corrected chi connectivity index (χ4v) is 2.63. The van der Waals surface area contributed by atoms with Gasteiger partial charge in [-0.25, -0.2) is 14.8 Å². The number of carbonyl (C=O) groups excluding carboxylic acids is 1. The van der Waals surface area contributed by atoms with Crippen LogP contribution >= 0.6 is 11.3 Å². The van der Waals surface area contributed by atoms with Crippen molar-refractivity contribution in [2.45, 2.75) is 53.2 Å². The number of amides is 1. The number of aromatic nitrogens is 1. The molecule has 0 atom stereocenters. The predicted molar refractivity (Wildman–Crippen MR) is 103 cm³/mol. The van der Waals surface area contributed by atoms with Crippen molar-refractivity contribution in [2.75, 3.05) is 26.7 Å². The molecule has 1 aromatic rings. The molecule has 0 spiro atoms. The molecule has 0 aliphatic rings. The molecule has 0 saturated carbocycles. The van der Waals surface area contributed by atoms with E-state index in [1.165, 1.54) is 4.88 Å². The minimum atomic E-state index is -0.486. The summed E-state index contributed by atoms with van der Waals surface area (Å²) in [7, 11) is 1.72. The molecule has 0 aromatic carbocycles. The van der Waals surface area contributed by atoms with E-state index in [4.69, 9.17) is 4.74 Å². The van der Waals surface area contributed by atoms with Crippen molar-refractivity contribution in [1.82, 2.24) is 20.5 Å². The van der Waals surface area contributed by atoms with Gasteiger partial charge in [-0.1, -0.05) is 6.92 Å². The van der Waals surface area contributed by atoms with Gasteiger partial charge in [0.05, 0.1) is 6.54 Å². The summed E-state index contributed by atoms with van der Waals surface area (Å²) in [5.41, 5.74) is -0.486. The summed E-state index contributed by atoms with van der Waals surface area (Å²) < 4.78 is 5.33. The van der Waals surface area contributed by atoms with Gasteiger partial charge < -0.3 is 20.3 Å². The second kappa shape index (κ2) is 10.2. The third kappa shape index (κ3) is 8.72. The lowest BCUT2D eigenvalue weighted by molar-refractivity contribution is 0.0302. The quantitative estimate of drug-likeness (QED) is 0.571. The Morgan fingerprint density at radius 1 is 1.36 bits per heavy atom. The number of aryl methyl sites for hydroxylation is 1. The second-order valence-electron chi connectivity index (χ2n) is 6.60. The van der Waals surface area contributed by atoms with Gasteiger partial charge >= 0.3 is 6.09 Å². The Balaban J connectivity index is 2.46. The van der Waals surface area contributed by atoms with Crippen LogP contribution in [0, 0.1) is 0 Å². The number of carbonyl (C=O) groups is 1. The Labute approximate surface area is 154 Å². The van der Waals surface area contributed by atoms with Crippen LogP contribution in [0.25, 0.3) is 0 Å². The SMILES string of the molecule is CCNC(=NCc1ncc(CC)s1)NCCN(C)C(=O)OC(C)(C)C. The average Bonchev–Trinajstić information content (AvgIpc) is 2.98. The van der Waals surface area contributed by atoms with Gasteiger partial charge in [0.15, 0.2) is 5.96 Å². The first-order valence-corrected chi connectivity index (χ1v) is 9.46. The summed E-state index contributed by atoms with van der Waals surface area (Å²) in [6.07, 6.45) is 2.58. The van der Waals surface area contributed by atoms with E-state index in [-0.39, 0.29) is 6.09 Å². The normalized spacial score (nSPS) is 12.0. The molecule has 1 heterocycles. The molecule has 0 aliphatic heterocycles. The summed E-state index contributed by atoms with van der Waals surface area (Å²) in [5.74, 6) is 0.716. The van der Waals surface area contributed by atoms with Gasteiger partial charge in [0.2, 0.25) is 0 Å². The van der Waals surface area contributed by atoms with Crippen LogP contribution in [-0.2, 0) is 17.7 Å². The van der Waals surface area contributed by atoms with Gasteiger partial charge in [0, 0.05) is 37.8 Å². The number of aliphatic imine (C=N–C) groups is 1. The molecule has 1 amide bonds. The zero-order valence-electron chi connectivity index (χ0n) is 16.2. The van der Waals surface area contributed by atoms with E-state index in [1.54, 1.807) is 23.3 Å². The molecule has 25 heavy (non-hydrogen) atoms. The molecule has 0 radical (unpaired) electrons. The van der Waals surface area contributed by atoms with Crippen LogP contribution in [0.2, 0.25) is 0 Å². The van der Waals surface area contributed by atoms with Gasteiger partial charge in [0.25, 0.3) is 0 Å². The maximum atomic E-state index is 11.9. The first-order chi connectivity index (χ1) is 11.7. The van der Waals surface area contributed by atoms with E-state index < -0.39 is 5.60 Å². The lowest BCUT2D eigenvalue weighted by Gasteiger charge is -2.24. The standard InChI is InChI=1S/C17H31N5O2S/c1-7-13-11-20-14(25-13)12-21-15(18-8-2)19-9-10-22(6)16(23)24-17(3,4)5/h11H,7-10,12H2,1-6H3,(H2,18,19,21). The third-order valence-electron chi connectivity index (χ3n) is 3.11.